The molecule has 4 heteroatoms. The number of ether oxygens (including phenoxy) is 1. The molecule has 1 aromatic carbocycles. The second kappa shape index (κ2) is 5.84. The third-order valence-electron chi connectivity index (χ3n) is 2.42. The van der Waals surface area contributed by atoms with Crippen LogP contribution in [0.3, 0.4) is 0 Å². The van der Waals surface area contributed by atoms with Crippen LogP contribution in [0.1, 0.15) is 24.2 Å². The van der Waals surface area contributed by atoms with Gasteiger partial charge in [-0.25, -0.2) is 0 Å². The van der Waals surface area contributed by atoms with Crippen molar-refractivity contribution in [3.63, 3.8) is 0 Å². The Hall–Kier alpha value is -0.590. The third kappa shape index (κ3) is 3.00. The van der Waals surface area contributed by atoms with Gasteiger partial charge in [-0.2, -0.15) is 0 Å². The summed E-state index contributed by atoms with van der Waals surface area (Å²) in [5.41, 5.74) is 1.75. The molecule has 1 unspecified atom stereocenters. The van der Waals surface area contributed by atoms with E-state index >= 15 is 0 Å². The van der Waals surface area contributed by atoms with Crippen LogP contribution < -0.4 is 4.74 Å². The number of aliphatic hydroxyl groups excluding tert-OH is 1. The number of aliphatic hydroxyl groups is 1. The standard InChI is InChI=1S/C13H13IO2S/c1-2-16-11-6-4-3-5-10(11)13(15)9-7-12(14)17-8-9/h3-8,13,15H,2H2,1H3. The predicted molar refractivity (Wildman–Crippen MR) is 78.7 cm³/mol. The molecule has 0 fully saturated rings. The predicted octanol–water partition coefficient (Wildman–Crippen LogP) is 3.83. The van der Waals surface area contributed by atoms with E-state index in [1.807, 2.05) is 42.6 Å². The molecule has 2 aromatic rings. The van der Waals surface area contributed by atoms with Crippen molar-refractivity contribution in [3.8, 4) is 5.75 Å². The number of hydrogen-bond donors (Lipinski definition) is 1. The van der Waals surface area contributed by atoms with Crippen molar-refractivity contribution in [2.75, 3.05) is 6.61 Å². The molecule has 1 aromatic heterocycles. The molecule has 0 amide bonds. The minimum absolute atomic E-state index is 0.602. The topological polar surface area (TPSA) is 29.5 Å². The lowest BCUT2D eigenvalue weighted by atomic mass is 10.0. The summed E-state index contributed by atoms with van der Waals surface area (Å²) < 4.78 is 6.70. The lowest BCUT2D eigenvalue weighted by Gasteiger charge is -2.14. The second-order valence-electron chi connectivity index (χ2n) is 3.56. The number of para-hydroxylation sites is 1. The van der Waals surface area contributed by atoms with Crippen LogP contribution in [-0.4, -0.2) is 11.7 Å². The monoisotopic (exact) mass is 360 g/mol. The van der Waals surface area contributed by atoms with E-state index in [1.54, 1.807) is 11.3 Å². The fourth-order valence-electron chi connectivity index (χ4n) is 1.64. The Kier molecular flexibility index (Phi) is 4.42. The Bertz CT molecular complexity index is 496. The summed E-state index contributed by atoms with van der Waals surface area (Å²) in [4.78, 5) is 0. The molecule has 0 radical (unpaired) electrons. The third-order valence-corrected chi connectivity index (χ3v) is 4.22. The highest BCUT2D eigenvalue weighted by Gasteiger charge is 2.16. The highest BCUT2D eigenvalue weighted by Crippen LogP contribution is 2.32. The van der Waals surface area contributed by atoms with Crippen molar-refractivity contribution < 1.29 is 9.84 Å². The number of halogens is 1. The molecule has 1 atom stereocenters. The number of benzene rings is 1. The van der Waals surface area contributed by atoms with E-state index in [1.165, 1.54) is 2.88 Å². The van der Waals surface area contributed by atoms with E-state index in [-0.39, 0.29) is 0 Å². The van der Waals surface area contributed by atoms with Gasteiger partial charge in [0.15, 0.2) is 0 Å². The van der Waals surface area contributed by atoms with Gasteiger partial charge in [-0.15, -0.1) is 11.3 Å². The van der Waals surface area contributed by atoms with E-state index < -0.39 is 6.10 Å². The average molecular weight is 360 g/mol. The van der Waals surface area contributed by atoms with Gasteiger partial charge in [0.25, 0.3) is 0 Å². The fraction of sp³-hybridized carbons (Fsp3) is 0.231. The van der Waals surface area contributed by atoms with Gasteiger partial charge in [0, 0.05) is 5.56 Å². The van der Waals surface area contributed by atoms with Gasteiger partial charge in [0.05, 0.1) is 9.49 Å². The van der Waals surface area contributed by atoms with Crippen LogP contribution in [0.5, 0.6) is 5.75 Å². The Balaban J connectivity index is 2.33. The molecule has 1 N–H and O–H groups in total. The maximum absolute atomic E-state index is 10.3. The lowest BCUT2D eigenvalue weighted by Crippen LogP contribution is -2.02. The minimum Gasteiger partial charge on any atom is -0.493 e. The van der Waals surface area contributed by atoms with Crippen LogP contribution in [-0.2, 0) is 0 Å². The van der Waals surface area contributed by atoms with Gasteiger partial charge in [-0.05, 0) is 52.6 Å². The van der Waals surface area contributed by atoms with Crippen molar-refractivity contribution in [2.24, 2.45) is 0 Å². The fourth-order valence-corrected chi connectivity index (χ4v) is 3.03. The lowest BCUT2D eigenvalue weighted by molar-refractivity contribution is 0.212. The van der Waals surface area contributed by atoms with E-state index in [0.717, 1.165) is 16.9 Å². The molecule has 0 saturated heterocycles. The molecular weight excluding hydrogens is 347 g/mol. The van der Waals surface area contributed by atoms with Gasteiger partial charge in [0.1, 0.15) is 11.9 Å². The smallest absolute Gasteiger partial charge is 0.125 e. The first kappa shape index (κ1) is 12.9. The molecule has 17 heavy (non-hydrogen) atoms. The van der Waals surface area contributed by atoms with Crippen LogP contribution in [0.4, 0.5) is 0 Å². The average Bonchev–Trinajstić information content (AvgIpc) is 2.76. The van der Waals surface area contributed by atoms with Crippen molar-refractivity contribution in [2.45, 2.75) is 13.0 Å². The Morgan fingerprint density at radius 2 is 2.18 bits per heavy atom. The van der Waals surface area contributed by atoms with Crippen molar-refractivity contribution in [1.82, 2.24) is 0 Å². The summed E-state index contributed by atoms with van der Waals surface area (Å²) in [6, 6.07) is 9.62. The van der Waals surface area contributed by atoms with E-state index in [9.17, 15) is 5.11 Å². The summed E-state index contributed by atoms with van der Waals surface area (Å²) >= 11 is 3.89. The Morgan fingerprint density at radius 1 is 1.41 bits per heavy atom. The largest absolute Gasteiger partial charge is 0.493 e. The molecule has 0 bridgehead atoms. The molecule has 2 nitrogen and oxygen atoms in total. The van der Waals surface area contributed by atoms with Crippen molar-refractivity contribution in [3.05, 3.63) is 49.7 Å². The minimum atomic E-state index is -0.613. The maximum atomic E-state index is 10.3. The van der Waals surface area contributed by atoms with Gasteiger partial charge < -0.3 is 9.84 Å². The maximum Gasteiger partial charge on any atom is 0.125 e. The molecule has 0 aliphatic rings. The highest BCUT2D eigenvalue weighted by molar-refractivity contribution is 14.1. The molecule has 2 rings (SSSR count). The van der Waals surface area contributed by atoms with E-state index in [4.69, 9.17) is 4.74 Å². The zero-order chi connectivity index (χ0) is 12.3. The Labute approximate surface area is 118 Å². The van der Waals surface area contributed by atoms with Gasteiger partial charge in [0.2, 0.25) is 0 Å². The van der Waals surface area contributed by atoms with Crippen LogP contribution >= 0.6 is 33.9 Å². The van der Waals surface area contributed by atoms with Gasteiger partial charge in [-0.3, -0.25) is 0 Å². The van der Waals surface area contributed by atoms with E-state index in [2.05, 4.69) is 22.6 Å². The molecule has 90 valence electrons. The molecular formula is C13H13IO2S. The molecule has 1 heterocycles. The van der Waals surface area contributed by atoms with Crippen LogP contribution in [0, 0.1) is 2.88 Å². The Morgan fingerprint density at radius 3 is 2.82 bits per heavy atom. The number of rotatable bonds is 4. The first-order valence-electron chi connectivity index (χ1n) is 5.36. The zero-order valence-electron chi connectivity index (χ0n) is 9.39. The van der Waals surface area contributed by atoms with E-state index in [0.29, 0.717) is 6.61 Å². The molecule has 0 spiro atoms. The SMILES string of the molecule is CCOc1ccccc1C(O)c1csc(I)c1. The molecule has 0 aliphatic carbocycles. The summed E-state index contributed by atoms with van der Waals surface area (Å²) in [7, 11) is 0. The summed E-state index contributed by atoms with van der Waals surface area (Å²) in [5, 5.41) is 12.3. The van der Waals surface area contributed by atoms with Crippen molar-refractivity contribution >= 4 is 33.9 Å². The number of thiophene rings is 1. The molecule has 0 saturated carbocycles. The summed E-state index contributed by atoms with van der Waals surface area (Å²) in [6.07, 6.45) is -0.613. The van der Waals surface area contributed by atoms with Crippen molar-refractivity contribution in [1.29, 1.82) is 0 Å². The quantitative estimate of drug-likeness (QED) is 0.840. The summed E-state index contributed by atoms with van der Waals surface area (Å²) in [6.45, 7) is 2.54. The highest BCUT2D eigenvalue weighted by atomic mass is 127. The first-order chi connectivity index (χ1) is 8.22. The molecule has 0 aliphatic heterocycles. The van der Waals surface area contributed by atoms with Gasteiger partial charge in [-0.1, -0.05) is 18.2 Å². The van der Waals surface area contributed by atoms with Crippen LogP contribution in [0.2, 0.25) is 0 Å². The normalized spacial score (nSPS) is 12.4. The second-order valence-corrected chi connectivity index (χ2v) is 6.36. The summed E-state index contributed by atoms with van der Waals surface area (Å²) in [5.74, 6) is 0.753. The first-order valence-corrected chi connectivity index (χ1v) is 7.32. The van der Waals surface area contributed by atoms with Gasteiger partial charge >= 0.3 is 0 Å². The van der Waals surface area contributed by atoms with Crippen LogP contribution in [0.15, 0.2) is 35.7 Å². The number of hydrogen-bond acceptors (Lipinski definition) is 3. The zero-order valence-corrected chi connectivity index (χ0v) is 12.4. The van der Waals surface area contributed by atoms with Crippen LogP contribution in [0.25, 0.3) is 0 Å².